The molecule has 22 rings (SSSR count). The molecule has 0 saturated carbocycles. The predicted octanol–water partition coefficient (Wildman–Crippen LogP) is 25.7. The van der Waals surface area contributed by atoms with Crippen LogP contribution in [0, 0.1) is 0 Å². The fourth-order valence-electron chi connectivity index (χ4n) is 18.0. The van der Waals surface area contributed by atoms with Gasteiger partial charge >= 0.3 is 0 Å². The Morgan fingerprint density at radius 3 is 0.480 bits per heavy atom. The van der Waals surface area contributed by atoms with Crippen molar-refractivity contribution in [1.29, 1.82) is 0 Å². The van der Waals surface area contributed by atoms with Crippen molar-refractivity contribution >= 4 is 87.2 Å². The van der Waals surface area contributed by atoms with Crippen LogP contribution in [0.15, 0.2) is 364 Å². The van der Waals surface area contributed by atoms with Gasteiger partial charge in [0.1, 0.15) is 0 Å². The number of para-hydroxylation sites is 8. The predicted molar refractivity (Wildman–Crippen MR) is 427 cm³/mol. The zero-order valence-electron chi connectivity index (χ0n) is 55.6. The second kappa shape index (κ2) is 22.1. The van der Waals surface area contributed by atoms with Crippen LogP contribution in [0.25, 0.3) is 177 Å². The summed E-state index contributed by atoms with van der Waals surface area (Å²) >= 11 is 0. The van der Waals surface area contributed by atoms with Crippen molar-refractivity contribution in [3.05, 3.63) is 386 Å². The van der Waals surface area contributed by atoms with Crippen molar-refractivity contribution in [3.8, 4) is 89.5 Å². The standard InChI is InChI=1S/C98H62N4/c1-9-25-89-77(17-1)78-18-2-10-26-90(78)99(89)69-45-33-61(34-46-69)65-41-53-73-74-54-42-66(62-35-47-70(48-36-62)100-91-27-11-3-19-79(91)80-20-4-12-28-92(80)100)58-86(74)97(85(73)57-65)98-87-59-67(63-37-49-71(50-38-63)101-93-29-13-5-21-81(93)82-22-6-14-30-94(82)101)43-55-75(87)76-56-44-68(60-88(76)98)64-39-51-72(52-40-64)102-95-31-15-7-23-83(95)84-24-8-16-32-96(84)102/h1-60,97-98H. The summed E-state index contributed by atoms with van der Waals surface area (Å²) in [4.78, 5) is 0. The zero-order chi connectivity index (χ0) is 66.7. The zero-order valence-corrected chi connectivity index (χ0v) is 55.6. The first-order chi connectivity index (χ1) is 50.6. The maximum atomic E-state index is 2.54. The summed E-state index contributed by atoms with van der Waals surface area (Å²) in [5, 5.41) is 10.1. The summed E-state index contributed by atoms with van der Waals surface area (Å²) < 4.78 is 9.66. The molecule has 0 radical (unpaired) electrons. The first-order valence-electron chi connectivity index (χ1n) is 35.5. The summed E-state index contributed by atoms with van der Waals surface area (Å²) in [7, 11) is 0. The second-order valence-corrected chi connectivity index (χ2v) is 27.8. The van der Waals surface area contributed by atoms with Crippen LogP contribution < -0.4 is 0 Å². The second-order valence-electron chi connectivity index (χ2n) is 27.8. The van der Waals surface area contributed by atoms with Gasteiger partial charge in [0, 0.05) is 77.7 Å². The Kier molecular flexibility index (Phi) is 12.3. The minimum absolute atomic E-state index is 0.0514. The van der Waals surface area contributed by atoms with Gasteiger partial charge in [-0.05, 0) is 210 Å². The fraction of sp³-hybridized carbons (Fsp3) is 0.0204. The molecule has 2 aliphatic carbocycles. The van der Waals surface area contributed by atoms with E-state index >= 15 is 0 Å². The highest BCUT2D eigenvalue weighted by Crippen LogP contribution is 2.60. The van der Waals surface area contributed by atoms with E-state index in [-0.39, 0.29) is 11.8 Å². The number of hydrogen-bond donors (Lipinski definition) is 0. The maximum absolute atomic E-state index is 2.54. The van der Waals surface area contributed by atoms with E-state index in [9.17, 15) is 0 Å². The van der Waals surface area contributed by atoms with Crippen molar-refractivity contribution in [3.63, 3.8) is 0 Å². The molecule has 4 heterocycles. The molecule has 0 N–H and O–H groups in total. The molecule has 0 saturated heterocycles. The Bertz CT molecular complexity index is 5810. The maximum Gasteiger partial charge on any atom is 0.0541 e. The molecular formula is C98H62N4. The third-order valence-corrected chi connectivity index (χ3v) is 22.6. The minimum Gasteiger partial charge on any atom is -0.309 e. The lowest BCUT2D eigenvalue weighted by atomic mass is 9.77. The number of benzene rings is 16. The monoisotopic (exact) mass is 1290 g/mol. The molecule has 4 heteroatoms. The highest BCUT2D eigenvalue weighted by atomic mass is 15.0. The van der Waals surface area contributed by atoms with Gasteiger partial charge in [-0.25, -0.2) is 0 Å². The number of rotatable bonds is 9. The Morgan fingerprint density at radius 1 is 0.147 bits per heavy atom. The quantitative estimate of drug-likeness (QED) is 0.137. The van der Waals surface area contributed by atoms with E-state index in [1.54, 1.807) is 0 Å². The van der Waals surface area contributed by atoms with Gasteiger partial charge in [0.25, 0.3) is 0 Å². The van der Waals surface area contributed by atoms with Gasteiger partial charge in [0.15, 0.2) is 0 Å². The summed E-state index contributed by atoms with van der Waals surface area (Å²) in [6.45, 7) is 0. The molecule has 0 atom stereocenters. The fourth-order valence-corrected chi connectivity index (χ4v) is 18.0. The van der Waals surface area contributed by atoms with Crippen molar-refractivity contribution in [2.75, 3.05) is 0 Å². The van der Waals surface area contributed by atoms with Crippen LogP contribution in [0.1, 0.15) is 34.1 Å². The molecule has 20 aromatic rings. The van der Waals surface area contributed by atoms with Crippen LogP contribution in [0.4, 0.5) is 0 Å². The molecule has 0 unspecified atom stereocenters. The van der Waals surface area contributed by atoms with Crippen LogP contribution in [-0.2, 0) is 0 Å². The molecule has 2 aliphatic rings. The van der Waals surface area contributed by atoms with Gasteiger partial charge in [0.05, 0.1) is 44.1 Å². The van der Waals surface area contributed by atoms with Crippen LogP contribution in [0.3, 0.4) is 0 Å². The molecule has 0 fully saturated rings. The molecule has 102 heavy (non-hydrogen) atoms. The summed E-state index contributed by atoms with van der Waals surface area (Å²) in [5.41, 5.74) is 34.3. The highest BCUT2D eigenvalue weighted by molar-refractivity contribution is 6.12. The molecule has 16 aromatic carbocycles. The largest absolute Gasteiger partial charge is 0.309 e. The topological polar surface area (TPSA) is 19.7 Å². The van der Waals surface area contributed by atoms with Gasteiger partial charge in [-0.2, -0.15) is 0 Å². The van der Waals surface area contributed by atoms with Crippen molar-refractivity contribution < 1.29 is 0 Å². The van der Waals surface area contributed by atoms with Crippen LogP contribution in [0.5, 0.6) is 0 Å². The molecule has 0 spiro atoms. The Morgan fingerprint density at radius 2 is 0.304 bits per heavy atom. The molecule has 4 aromatic heterocycles. The van der Waals surface area contributed by atoms with Gasteiger partial charge in [-0.3, -0.25) is 0 Å². The normalized spacial score (nSPS) is 12.8. The minimum atomic E-state index is -0.0514. The average Bonchev–Trinajstić information content (AvgIpc) is 1.53. The van der Waals surface area contributed by atoms with Crippen molar-refractivity contribution in [2.45, 2.75) is 11.8 Å². The molecule has 0 amide bonds. The smallest absolute Gasteiger partial charge is 0.0541 e. The first-order valence-corrected chi connectivity index (χ1v) is 35.5. The third kappa shape index (κ3) is 8.44. The Balaban J connectivity index is 0.713. The number of aromatic nitrogens is 4. The summed E-state index contributed by atoms with van der Waals surface area (Å²) in [6.07, 6.45) is 0. The average molecular weight is 1300 g/mol. The van der Waals surface area contributed by atoms with E-state index in [1.165, 1.54) is 176 Å². The van der Waals surface area contributed by atoms with E-state index < -0.39 is 0 Å². The highest BCUT2D eigenvalue weighted by Gasteiger charge is 2.42. The van der Waals surface area contributed by atoms with Crippen LogP contribution >= 0.6 is 0 Å². The molecule has 4 nitrogen and oxygen atoms in total. The Labute approximate surface area is 589 Å². The van der Waals surface area contributed by atoms with E-state index in [4.69, 9.17) is 0 Å². The van der Waals surface area contributed by atoms with Gasteiger partial charge in [-0.1, -0.05) is 243 Å². The van der Waals surface area contributed by atoms with E-state index in [1.807, 2.05) is 0 Å². The lowest BCUT2D eigenvalue weighted by Gasteiger charge is -2.26. The summed E-state index contributed by atoms with van der Waals surface area (Å²) in [5.74, 6) is -0.103. The Hall–Kier alpha value is -13.3. The molecule has 0 aliphatic heterocycles. The van der Waals surface area contributed by atoms with Crippen LogP contribution in [0.2, 0.25) is 0 Å². The van der Waals surface area contributed by atoms with Gasteiger partial charge < -0.3 is 18.3 Å². The van der Waals surface area contributed by atoms with E-state index in [0.29, 0.717) is 0 Å². The molecule has 474 valence electrons. The molecular weight excluding hydrogens is 1230 g/mol. The number of fused-ring (bicyclic) bond motifs is 18. The lowest BCUT2D eigenvalue weighted by Crippen LogP contribution is -2.10. The number of hydrogen-bond acceptors (Lipinski definition) is 0. The molecule has 0 bridgehead atoms. The van der Waals surface area contributed by atoms with Gasteiger partial charge in [-0.15, -0.1) is 0 Å². The van der Waals surface area contributed by atoms with E-state index in [0.717, 1.165) is 22.7 Å². The van der Waals surface area contributed by atoms with Crippen molar-refractivity contribution in [2.24, 2.45) is 0 Å². The SMILES string of the molecule is c1ccc2c(c1)c1ccccc1n2-c1ccc(-c2ccc3c(c2)C(C2c4cc(-c5ccc(-n6c7ccccc7c7ccccc76)cc5)ccc4-c4ccc(-c5ccc(-n6c7ccccc7c7ccccc76)cc5)cc42)c2cc(-c4ccc(-n5c6ccccc6c6ccccc65)cc4)ccc2-3)cc1. The van der Waals surface area contributed by atoms with E-state index in [2.05, 4.69) is 382 Å². The lowest BCUT2D eigenvalue weighted by molar-refractivity contribution is 0.724. The number of nitrogens with zero attached hydrogens (tertiary/aromatic N) is 4. The van der Waals surface area contributed by atoms with Crippen LogP contribution in [-0.4, -0.2) is 18.3 Å². The third-order valence-electron chi connectivity index (χ3n) is 22.6. The summed E-state index contributed by atoms with van der Waals surface area (Å²) in [6, 6.07) is 137. The van der Waals surface area contributed by atoms with Gasteiger partial charge in [0.2, 0.25) is 0 Å². The van der Waals surface area contributed by atoms with Crippen molar-refractivity contribution in [1.82, 2.24) is 18.3 Å². The first kappa shape index (κ1) is 56.7.